The highest BCUT2D eigenvalue weighted by molar-refractivity contribution is 5.95. The second kappa shape index (κ2) is 10.5. The summed E-state index contributed by atoms with van der Waals surface area (Å²) in [6.45, 7) is 5.84. The molecule has 0 fully saturated rings. The fraction of sp³-hybridized carbons (Fsp3) is 0.556. The Balaban J connectivity index is 2.55. The Morgan fingerprint density at radius 1 is 1.08 bits per heavy atom. The fourth-order valence-corrected chi connectivity index (χ4v) is 2.29. The molecule has 0 radical (unpaired) electrons. The molecule has 0 aliphatic heterocycles. The highest BCUT2D eigenvalue weighted by atomic mass is 16.5. The molecule has 1 rings (SSSR count). The molecule has 1 aromatic rings. The van der Waals surface area contributed by atoms with E-state index in [0.717, 1.165) is 19.4 Å². The van der Waals surface area contributed by atoms with Gasteiger partial charge in [-0.2, -0.15) is 0 Å². The molecule has 1 N–H and O–H groups in total. The molecular weight excluding hydrogens is 308 g/mol. The maximum absolute atomic E-state index is 12.2. The lowest BCUT2D eigenvalue weighted by Crippen LogP contribution is -2.35. The smallest absolute Gasteiger partial charge is 0.251 e. The van der Waals surface area contributed by atoms with E-state index in [1.807, 2.05) is 11.8 Å². The average Bonchev–Trinajstić information content (AvgIpc) is 2.61. The van der Waals surface area contributed by atoms with Crippen molar-refractivity contribution in [1.29, 1.82) is 0 Å². The van der Waals surface area contributed by atoms with Crippen LogP contribution in [0.1, 0.15) is 43.5 Å². The Kier molecular flexibility index (Phi) is 8.68. The number of carbonyl (C=O) groups is 2. The number of hydrogen-bond acceptors (Lipinski definition) is 4. The molecule has 1 aromatic carbocycles. The van der Waals surface area contributed by atoms with Crippen LogP contribution in [0.3, 0.4) is 0 Å². The van der Waals surface area contributed by atoms with Gasteiger partial charge in [-0.05, 0) is 25.5 Å². The third-order valence-electron chi connectivity index (χ3n) is 3.75. The third kappa shape index (κ3) is 6.10. The molecule has 2 amide bonds. The third-order valence-corrected chi connectivity index (χ3v) is 3.75. The molecule has 0 aromatic heterocycles. The van der Waals surface area contributed by atoms with Crippen molar-refractivity contribution in [3.8, 4) is 11.5 Å². The quantitative estimate of drug-likeness (QED) is 0.713. The van der Waals surface area contributed by atoms with Crippen molar-refractivity contribution in [2.75, 3.05) is 33.9 Å². The normalized spacial score (nSPS) is 10.2. The SMILES string of the molecule is CCCCN(CC)C(=O)CCNC(=O)c1cc(OC)cc(OC)c1. The number of ether oxygens (including phenoxy) is 2. The number of nitrogens with zero attached hydrogens (tertiary/aromatic N) is 1. The maximum atomic E-state index is 12.2. The molecule has 0 unspecified atom stereocenters. The van der Waals surface area contributed by atoms with Gasteiger partial charge in [0.2, 0.25) is 5.91 Å². The predicted octanol–water partition coefficient (Wildman–Crippen LogP) is 2.47. The second-order valence-corrected chi connectivity index (χ2v) is 5.43. The van der Waals surface area contributed by atoms with Gasteiger partial charge in [0.15, 0.2) is 0 Å². The summed E-state index contributed by atoms with van der Waals surface area (Å²) in [6, 6.07) is 4.98. The van der Waals surface area contributed by atoms with Crippen molar-refractivity contribution in [3.05, 3.63) is 23.8 Å². The molecule has 24 heavy (non-hydrogen) atoms. The Morgan fingerprint density at radius 2 is 1.71 bits per heavy atom. The van der Waals surface area contributed by atoms with Gasteiger partial charge in [-0.25, -0.2) is 0 Å². The van der Waals surface area contributed by atoms with Crippen LogP contribution in [0.4, 0.5) is 0 Å². The average molecular weight is 336 g/mol. The Bertz CT molecular complexity index is 524. The zero-order valence-electron chi connectivity index (χ0n) is 15.1. The number of hydrogen-bond donors (Lipinski definition) is 1. The summed E-state index contributed by atoms with van der Waals surface area (Å²) in [4.78, 5) is 26.2. The first kappa shape index (κ1) is 19.8. The highest BCUT2D eigenvalue weighted by Gasteiger charge is 2.13. The van der Waals surface area contributed by atoms with Crippen LogP contribution in [-0.4, -0.2) is 50.6 Å². The van der Waals surface area contributed by atoms with Crippen LogP contribution in [-0.2, 0) is 4.79 Å². The molecule has 0 aliphatic rings. The minimum Gasteiger partial charge on any atom is -0.497 e. The van der Waals surface area contributed by atoms with Gasteiger partial charge in [0.05, 0.1) is 14.2 Å². The van der Waals surface area contributed by atoms with E-state index in [0.29, 0.717) is 36.6 Å². The van der Waals surface area contributed by atoms with Gasteiger partial charge < -0.3 is 19.7 Å². The molecule has 0 spiro atoms. The number of benzene rings is 1. The highest BCUT2D eigenvalue weighted by Crippen LogP contribution is 2.22. The van der Waals surface area contributed by atoms with E-state index >= 15 is 0 Å². The Morgan fingerprint density at radius 3 is 2.21 bits per heavy atom. The van der Waals surface area contributed by atoms with Crippen LogP contribution in [0.2, 0.25) is 0 Å². The van der Waals surface area contributed by atoms with Crippen molar-refractivity contribution in [2.45, 2.75) is 33.1 Å². The molecule has 134 valence electrons. The summed E-state index contributed by atoms with van der Waals surface area (Å²) in [5, 5.41) is 2.77. The van der Waals surface area contributed by atoms with Crippen LogP contribution < -0.4 is 14.8 Å². The Labute approximate surface area is 144 Å². The molecule has 0 aliphatic carbocycles. The van der Waals surface area contributed by atoms with Crippen LogP contribution in [0.5, 0.6) is 11.5 Å². The van der Waals surface area contributed by atoms with Crippen molar-refractivity contribution >= 4 is 11.8 Å². The van der Waals surface area contributed by atoms with E-state index in [2.05, 4.69) is 12.2 Å². The zero-order valence-corrected chi connectivity index (χ0v) is 15.1. The van der Waals surface area contributed by atoms with E-state index in [-0.39, 0.29) is 11.8 Å². The Hall–Kier alpha value is -2.24. The van der Waals surface area contributed by atoms with E-state index in [1.165, 1.54) is 14.2 Å². The number of methoxy groups -OCH3 is 2. The number of nitrogens with one attached hydrogen (secondary N) is 1. The van der Waals surface area contributed by atoms with Crippen molar-refractivity contribution in [2.24, 2.45) is 0 Å². The van der Waals surface area contributed by atoms with E-state index < -0.39 is 0 Å². The number of rotatable bonds is 10. The van der Waals surface area contributed by atoms with Crippen LogP contribution in [0.15, 0.2) is 18.2 Å². The largest absolute Gasteiger partial charge is 0.497 e. The van der Waals surface area contributed by atoms with Gasteiger partial charge in [-0.15, -0.1) is 0 Å². The first-order valence-electron chi connectivity index (χ1n) is 8.34. The number of unbranched alkanes of at least 4 members (excludes halogenated alkanes) is 1. The molecular formula is C18H28N2O4. The van der Waals surface area contributed by atoms with Crippen molar-refractivity contribution in [3.63, 3.8) is 0 Å². The van der Waals surface area contributed by atoms with Crippen LogP contribution in [0.25, 0.3) is 0 Å². The topological polar surface area (TPSA) is 67.9 Å². The fourth-order valence-electron chi connectivity index (χ4n) is 2.29. The van der Waals surface area contributed by atoms with Gasteiger partial charge >= 0.3 is 0 Å². The number of amides is 2. The van der Waals surface area contributed by atoms with Crippen molar-refractivity contribution < 1.29 is 19.1 Å². The zero-order chi connectivity index (χ0) is 17.9. The monoisotopic (exact) mass is 336 g/mol. The standard InChI is InChI=1S/C18H28N2O4/c1-5-7-10-20(6-2)17(21)8-9-19-18(22)14-11-15(23-3)13-16(12-14)24-4/h11-13H,5-10H2,1-4H3,(H,19,22). The van der Waals surface area contributed by atoms with Crippen LogP contribution >= 0.6 is 0 Å². The first-order valence-corrected chi connectivity index (χ1v) is 8.34. The summed E-state index contributed by atoms with van der Waals surface area (Å²) in [6.07, 6.45) is 2.35. The molecule has 0 bridgehead atoms. The summed E-state index contributed by atoms with van der Waals surface area (Å²) in [7, 11) is 3.07. The minimum atomic E-state index is -0.253. The molecule has 6 heteroatoms. The summed E-state index contributed by atoms with van der Waals surface area (Å²) >= 11 is 0. The number of carbonyl (C=O) groups excluding carboxylic acids is 2. The lowest BCUT2D eigenvalue weighted by Gasteiger charge is -2.20. The van der Waals surface area contributed by atoms with Gasteiger partial charge in [-0.1, -0.05) is 13.3 Å². The molecule has 6 nitrogen and oxygen atoms in total. The molecule has 0 saturated heterocycles. The summed E-state index contributed by atoms with van der Waals surface area (Å²) in [5.41, 5.74) is 0.442. The van der Waals surface area contributed by atoms with Crippen LogP contribution in [0, 0.1) is 0 Å². The van der Waals surface area contributed by atoms with Gasteiger partial charge in [0, 0.05) is 37.7 Å². The van der Waals surface area contributed by atoms with E-state index in [4.69, 9.17) is 9.47 Å². The lowest BCUT2D eigenvalue weighted by molar-refractivity contribution is -0.130. The van der Waals surface area contributed by atoms with Gasteiger partial charge in [0.25, 0.3) is 5.91 Å². The van der Waals surface area contributed by atoms with Gasteiger partial charge in [-0.3, -0.25) is 9.59 Å². The van der Waals surface area contributed by atoms with Gasteiger partial charge in [0.1, 0.15) is 11.5 Å². The summed E-state index contributed by atoms with van der Waals surface area (Å²) in [5.74, 6) is 0.908. The second-order valence-electron chi connectivity index (χ2n) is 5.43. The van der Waals surface area contributed by atoms with E-state index in [9.17, 15) is 9.59 Å². The first-order chi connectivity index (χ1) is 11.5. The molecule has 0 heterocycles. The molecule has 0 saturated carbocycles. The lowest BCUT2D eigenvalue weighted by atomic mass is 10.2. The molecule has 0 atom stereocenters. The van der Waals surface area contributed by atoms with Crippen molar-refractivity contribution in [1.82, 2.24) is 10.2 Å². The predicted molar refractivity (Wildman–Crippen MR) is 93.7 cm³/mol. The summed E-state index contributed by atoms with van der Waals surface area (Å²) < 4.78 is 10.3. The maximum Gasteiger partial charge on any atom is 0.251 e. The van der Waals surface area contributed by atoms with E-state index in [1.54, 1.807) is 18.2 Å². The minimum absolute atomic E-state index is 0.0643.